The zero-order chi connectivity index (χ0) is 16.8. The maximum atomic E-state index is 12.1. The molecular weight excluding hydrogens is 298 g/mol. The van der Waals surface area contributed by atoms with Gasteiger partial charge in [-0.1, -0.05) is 6.07 Å². The summed E-state index contributed by atoms with van der Waals surface area (Å²) >= 11 is 0. The fraction of sp³-hybridized carbons (Fsp3) is 0.133. The smallest absolute Gasteiger partial charge is 0.324 e. The molecule has 0 saturated heterocycles. The van der Waals surface area contributed by atoms with E-state index in [1.807, 2.05) is 18.4 Å². The van der Waals surface area contributed by atoms with Gasteiger partial charge >= 0.3 is 6.03 Å². The first-order valence-corrected chi connectivity index (χ1v) is 6.73. The zero-order valence-corrected chi connectivity index (χ0v) is 12.7. The van der Waals surface area contributed by atoms with E-state index in [4.69, 9.17) is 10.6 Å². The molecule has 0 unspecified atom stereocenters. The first-order valence-electron chi connectivity index (χ1n) is 6.73. The summed E-state index contributed by atoms with van der Waals surface area (Å²) in [6.07, 6.45) is 1.40. The second-order valence-corrected chi connectivity index (χ2v) is 4.69. The van der Waals surface area contributed by atoms with E-state index in [0.717, 1.165) is 5.56 Å². The van der Waals surface area contributed by atoms with E-state index < -0.39 is 11.9 Å². The Hall–Kier alpha value is -3.13. The fourth-order valence-corrected chi connectivity index (χ4v) is 1.91. The van der Waals surface area contributed by atoms with Crippen molar-refractivity contribution in [3.05, 3.63) is 47.7 Å². The highest BCUT2D eigenvalue weighted by Crippen LogP contribution is 2.25. The van der Waals surface area contributed by atoms with E-state index in [1.54, 1.807) is 12.1 Å². The quantitative estimate of drug-likeness (QED) is 0.388. The number of hydrogen-bond acceptors (Lipinski definition) is 5. The summed E-state index contributed by atoms with van der Waals surface area (Å²) in [4.78, 5) is 27.5. The van der Waals surface area contributed by atoms with Crippen molar-refractivity contribution in [3.63, 3.8) is 0 Å². The van der Waals surface area contributed by atoms with Gasteiger partial charge in [0.2, 0.25) is 0 Å². The largest absolute Gasteiger partial charge is 0.495 e. The monoisotopic (exact) mass is 315 g/mol. The highest BCUT2D eigenvalue weighted by atomic mass is 16.5. The molecule has 23 heavy (non-hydrogen) atoms. The lowest BCUT2D eigenvalue weighted by molar-refractivity contribution is 0.0953. The Morgan fingerprint density at radius 2 is 1.96 bits per heavy atom. The molecule has 0 spiro atoms. The molecule has 0 aliphatic rings. The van der Waals surface area contributed by atoms with Crippen molar-refractivity contribution in [3.8, 4) is 5.75 Å². The Balaban J connectivity index is 2.11. The SMILES string of the molecule is COc1ccc(C)cc1NC(=O)Nc1cc(C(=O)NN)ccn1. The third-order valence-corrected chi connectivity index (χ3v) is 3.00. The summed E-state index contributed by atoms with van der Waals surface area (Å²) in [7, 11) is 1.52. The number of rotatable bonds is 4. The molecule has 0 bridgehead atoms. The second-order valence-electron chi connectivity index (χ2n) is 4.69. The summed E-state index contributed by atoms with van der Waals surface area (Å²) in [5, 5.41) is 5.22. The number of pyridine rings is 1. The topological polar surface area (TPSA) is 118 Å². The van der Waals surface area contributed by atoms with E-state index in [-0.39, 0.29) is 11.4 Å². The number of benzene rings is 1. The number of aromatic nitrogens is 1. The molecule has 8 heteroatoms. The first kappa shape index (κ1) is 16.2. The molecule has 0 radical (unpaired) electrons. The molecule has 0 aliphatic heterocycles. The highest BCUT2D eigenvalue weighted by molar-refractivity contribution is 6.01. The molecule has 3 amide bonds. The minimum Gasteiger partial charge on any atom is -0.495 e. The number of nitrogens with one attached hydrogen (secondary N) is 3. The molecule has 2 rings (SSSR count). The first-order chi connectivity index (χ1) is 11.0. The van der Waals surface area contributed by atoms with Crippen LogP contribution >= 0.6 is 0 Å². The van der Waals surface area contributed by atoms with E-state index in [0.29, 0.717) is 11.4 Å². The van der Waals surface area contributed by atoms with Crippen LogP contribution < -0.4 is 26.6 Å². The Morgan fingerprint density at radius 3 is 2.65 bits per heavy atom. The molecular formula is C15H17N5O3. The molecule has 0 atom stereocenters. The summed E-state index contributed by atoms with van der Waals surface area (Å²) in [5.74, 6) is 5.35. The Morgan fingerprint density at radius 1 is 1.17 bits per heavy atom. The van der Waals surface area contributed by atoms with Crippen molar-refractivity contribution in [1.29, 1.82) is 0 Å². The number of anilines is 2. The third kappa shape index (κ3) is 4.17. The van der Waals surface area contributed by atoms with Crippen LogP contribution in [-0.4, -0.2) is 24.0 Å². The lowest BCUT2D eigenvalue weighted by Gasteiger charge is -2.12. The van der Waals surface area contributed by atoms with Crippen LogP contribution in [0.5, 0.6) is 5.75 Å². The van der Waals surface area contributed by atoms with Crippen LogP contribution in [0.4, 0.5) is 16.3 Å². The number of hydrazine groups is 1. The molecule has 1 aromatic heterocycles. The molecule has 0 aliphatic carbocycles. The van der Waals surface area contributed by atoms with Crippen LogP contribution in [0, 0.1) is 6.92 Å². The standard InChI is InChI=1S/C15H17N5O3/c1-9-3-4-12(23-2)11(7-9)18-15(22)19-13-8-10(5-6-17-13)14(21)20-16/h3-8H,16H2,1-2H3,(H,20,21)(H2,17,18,19,22). The van der Waals surface area contributed by atoms with Crippen molar-refractivity contribution >= 4 is 23.4 Å². The van der Waals surface area contributed by atoms with E-state index in [9.17, 15) is 9.59 Å². The minimum atomic E-state index is -0.508. The Bertz CT molecular complexity index is 733. The van der Waals surface area contributed by atoms with Gasteiger partial charge in [-0.3, -0.25) is 15.5 Å². The van der Waals surface area contributed by atoms with Crippen LogP contribution in [-0.2, 0) is 0 Å². The lowest BCUT2D eigenvalue weighted by atomic mass is 10.2. The summed E-state index contributed by atoms with van der Waals surface area (Å²) in [5.41, 5.74) is 3.80. The van der Waals surface area contributed by atoms with Crippen molar-refractivity contribution in [2.24, 2.45) is 5.84 Å². The van der Waals surface area contributed by atoms with Gasteiger partial charge in [0.05, 0.1) is 12.8 Å². The second kappa shape index (κ2) is 7.23. The number of nitrogens with two attached hydrogens (primary N) is 1. The molecule has 0 saturated carbocycles. The molecule has 5 N–H and O–H groups in total. The summed E-state index contributed by atoms with van der Waals surface area (Å²) in [6.45, 7) is 1.90. The minimum absolute atomic E-state index is 0.218. The number of aryl methyl sites for hydroxylation is 1. The fourth-order valence-electron chi connectivity index (χ4n) is 1.91. The van der Waals surface area contributed by atoms with Crippen LogP contribution in [0.15, 0.2) is 36.5 Å². The van der Waals surface area contributed by atoms with Crippen molar-refractivity contribution in [1.82, 2.24) is 10.4 Å². The van der Waals surface area contributed by atoms with E-state index >= 15 is 0 Å². The molecule has 8 nitrogen and oxygen atoms in total. The number of ether oxygens (including phenoxy) is 1. The number of urea groups is 1. The van der Waals surface area contributed by atoms with Gasteiger partial charge in [0.15, 0.2) is 0 Å². The number of carbonyl (C=O) groups is 2. The summed E-state index contributed by atoms with van der Waals surface area (Å²) < 4.78 is 5.19. The van der Waals surface area contributed by atoms with Gasteiger partial charge in [0, 0.05) is 11.8 Å². The molecule has 1 heterocycles. The van der Waals surface area contributed by atoms with Gasteiger partial charge in [-0.25, -0.2) is 15.6 Å². The Labute approximate surface area is 133 Å². The third-order valence-electron chi connectivity index (χ3n) is 3.00. The van der Waals surface area contributed by atoms with Crippen molar-refractivity contribution in [2.75, 3.05) is 17.7 Å². The molecule has 0 fully saturated rings. The average molecular weight is 315 g/mol. The van der Waals surface area contributed by atoms with Crippen molar-refractivity contribution in [2.45, 2.75) is 6.92 Å². The predicted octanol–water partition coefficient (Wildman–Crippen LogP) is 1.65. The molecule has 2 aromatic rings. The number of methoxy groups -OCH3 is 1. The van der Waals surface area contributed by atoms with Crippen LogP contribution in [0.3, 0.4) is 0 Å². The number of nitrogen functional groups attached to an aromatic ring is 1. The zero-order valence-electron chi connectivity index (χ0n) is 12.7. The molecule has 120 valence electrons. The molecule has 1 aromatic carbocycles. The van der Waals surface area contributed by atoms with Gasteiger partial charge in [-0.15, -0.1) is 0 Å². The van der Waals surface area contributed by atoms with Crippen LogP contribution in [0.2, 0.25) is 0 Å². The Kier molecular flexibility index (Phi) is 5.11. The normalized spacial score (nSPS) is 9.87. The maximum Gasteiger partial charge on any atom is 0.324 e. The average Bonchev–Trinajstić information content (AvgIpc) is 2.54. The van der Waals surface area contributed by atoms with Gasteiger partial charge in [-0.05, 0) is 36.8 Å². The van der Waals surface area contributed by atoms with Crippen LogP contribution in [0.25, 0.3) is 0 Å². The van der Waals surface area contributed by atoms with Gasteiger partial charge < -0.3 is 10.1 Å². The number of nitrogens with zero attached hydrogens (tertiary/aromatic N) is 1. The number of carbonyl (C=O) groups excluding carboxylic acids is 2. The predicted molar refractivity (Wildman–Crippen MR) is 86.3 cm³/mol. The number of hydrogen-bond donors (Lipinski definition) is 4. The van der Waals surface area contributed by atoms with Gasteiger partial charge in [-0.2, -0.15) is 0 Å². The summed E-state index contributed by atoms with van der Waals surface area (Å²) in [6, 6.07) is 7.80. The highest BCUT2D eigenvalue weighted by Gasteiger charge is 2.10. The van der Waals surface area contributed by atoms with E-state index in [1.165, 1.54) is 25.4 Å². The maximum absolute atomic E-state index is 12.1. The van der Waals surface area contributed by atoms with Crippen LogP contribution in [0.1, 0.15) is 15.9 Å². The van der Waals surface area contributed by atoms with Crippen molar-refractivity contribution < 1.29 is 14.3 Å². The van der Waals surface area contributed by atoms with E-state index in [2.05, 4.69) is 15.6 Å². The lowest BCUT2D eigenvalue weighted by Crippen LogP contribution is -2.30. The van der Waals surface area contributed by atoms with Gasteiger partial charge in [0.25, 0.3) is 5.91 Å². The number of amides is 3. The van der Waals surface area contributed by atoms with Gasteiger partial charge in [0.1, 0.15) is 11.6 Å².